The lowest BCUT2D eigenvalue weighted by molar-refractivity contribution is 0.111. The average Bonchev–Trinajstić information content (AvgIpc) is 2.39. The normalized spacial score (nSPS) is 16.5. The summed E-state index contributed by atoms with van der Waals surface area (Å²) in [4.78, 5) is 10.7. The van der Waals surface area contributed by atoms with E-state index in [9.17, 15) is 9.18 Å². The molecule has 0 amide bonds. The van der Waals surface area contributed by atoms with Gasteiger partial charge in [0.05, 0.1) is 12.2 Å². The maximum absolute atomic E-state index is 13.2. The molecule has 0 radical (unpaired) electrons. The molecule has 1 unspecified atom stereocenters. The van der Waals surface area contributed by atoms with Gasteiger partial charge in [-0.3, -0.25) is 4.79 Å². The fourth-order valence-corrected chi connectivity index (χ4v) is 3.71. The molecule has 0 N–H and O–H groups in total. The number of rotatable bonds is 6. The quantitative estimate of drug-likeness (QED) is 0.729. The Morgan fingerprint density at radius 2 is 2.00 bits per heavy atom. The molecule has 0 bridgehead atoms. The summed E-state index contributed by atoms with van der Waals surface area (Å²) in [7, 11) is -1.13. The van der Waals surface area contributed by atoms with Crippen LogP contribution in [-0.2, 0) is 10.6 Å². The van der Waals surface area contributed by atoms with Gasteiger partial charge in [0.15, 0.2) is 6.29 Å². The van der Waals surface area contributed by atoms with E-state index in [1.165, 1.54) is 6.07 Å². The first-order chi connectivity index (χ1) is 9.23. The van der Waals surface area contributed by atoms with E-state index in [-0.39, 0.29) is 10.3 Å². The van der Waals surface area contributed by atoms with Gasteiger partial charge in [0.2, 0.25) is 0 Å². The lowest BCUT2D eigenvalue weighted by Crippen LogP contribution is -2.28. The van der Waals surface area contributed by atoms with Gasteiger partial charge < -0.3 is 4.18 Å². The molecule has 1 rings (SSSR count). The van der Waals surface area contributed by atoms with E-state index in [1.54, 1.807) is 12.1 Å². The Labute approximate surface area is 123 Å². The van der Waals surface area contributed by atoms with Crippen LogP contribution in [0.25, 0.3) is 0 Å². The van der Waals surface area contributed by atoms with Gasteiger partial charge in [-0.25, -0.2) is 4.39 Å². The molecule has 0 heterocycles. The lowest BCUT2D eigenvalue weighted by atomic mass is 10.1. The Bertz CT molecular complexity index is 468. The molecule has 1 atom stereocenters. The Balaban J connectivity index is 2.66. The van der Waals surface area contributed by atoms with E-state index in [2.05, 4.69) is 34.0 Å². The van der Waals surface area contributed by atoms with Crippen LogP contribution in [0.5, 0.6) is 0 Å². The molecule has 0 aliphatic carbocycles. The van der Waals surface area contributed by atoms with E-state index in [0.29, 0.717) is 19.3 Å². The highest BCUT2D eigenvalue weighted by atomic mass is 32.3. The topological polar surface area (TPSA) is 26.3 Å². The SMILES string of the molecule is CCS(C)(OCCc1ccc(F)c(C=O)c1)C(C)(C)C. The molecular formula is C16H25FO2S. The first kappa shape index (κ1) is 17.2. The zero-order chi connectivity index (χ0) is 15.4. The summed E-state index contributed by atoms with van der Waals surface area (Å²) in [6.07, 6.45) is 3.45. The van der Waals surface area contributed by atoms with Crippen molar-refractivity contribution >= 4 is 16.6 Å². The van der Waals surface area contributed by atoms with Crippen LogP contribution in [0, 0.1) is 5.82 Å². The van der Waals surface area contributed by atoms with E-state index in [0.717, 1.165) is 11.3 Å². The second-order valence-electron chi connectivity index (χ2n) is 5.95. The molecule has 114 valence electrons. The summed E-state index contributed by atoms with van der Waals surface area (Å²) in [6, 6.07) is 4.65. The van der Waals surface area contributed by atoms with E-state index < -0.39 is 16.1 Å². The van der Waals surface area contributed by atoms with Crippen LogP contribution in [0.3, 0.4) is 0 Å². The van der Waals surface area contributed by atoms with Crippen LogP contribution in [-0.4, -0.2) is 29.6 Å². The molecule has 20 heavy (non-hydrogen) atoms. The summed E-state index contributed by atoms with van der Waals surface area (Å²) in [5, 5.41) is 0. The molecule has 2 nitrogen and oxygen atoms in total. The van der Waals surface area contributed by atoms with Gasteiger partial charge in [0.1, 0.15) is 5.82 Å². The molecule has 1 aromatic rings. The standard InChI is InChI=1S/C16H25FO2S/c1-6-20(5,16(2,3)4)19-10-9-13-7-8-15(17)14(11-13)12-18/h7-8,11-12H,6,9-10H2,1-5H3. The number of hydrogen-bond acceptors (Lipinski definition) is 2. The summed E-state index contributed by atoms with van der Waals surface area (Å²) in [5.41, 5.74) is 1.05. The number of aldehydes is 1. The summed E-state index contributed by atoms with van der Waals surface area (Å²) < 4.78 is 19.5. The maximum Gasteiger partial charge on any atom is 0.153 e. The van der Waals surface area contributed by atoms with Crippen molar-refractivity contribution in [1.29, 1.82) is 0 Å². The minimum Gasteiger partial charge on any atom is -0.336 e. The molecule has 1 aromatic carbocycles. The van der Waals surface area contributed by atoms with Gasteiger partial charge in [0, 0.05) is 4.75 Å². The number of hydrogen-bond donors (Lipinski definition) is 0. The van der Waals surface area contributed by atoms with E-state index in [1.807, 2.05) is 0 Å². The van der Waals surface area contributed by atoms with Gasteiger partial charge in [-0.2, -0.15) is 0 Å². The summed E-state index contributed by atoms with van der Waals surface area (Å²) in [5.74, 6) is 0.544. The Hall–Kier alpha value is -0.870. The number of benzene rings is 1. The predicted octanol–water partition coefficient (Wildman–Crippen LogP) is 4.37. The highest BCUT2D eigenvalue weighted by Gasteiger charge is 2.31. The van der Waals surface area contributed by atoms with Gasteiger partial charge in [-0.1, -0.05) is 33.8 Å². The minimum absolute atomic E-state index is 0.115. The first-order valence-corrected chi connectivity index (χ1v) is 9.00. The fraction of sp³-hybridized carbons (Fsp3) is 0.562. The molecule has 0 spiro atoms. The highest BCUT2D eigenvalue weighted by molar-refractivity contribution is 8.30. The van der Waals surface area contributed by atoms with Crippen LogP contribution in [0.1, 0.15) is 43.6 Å². The number of halogens is 1. The largest absolute Gasteiger partial charge is 0.336 e. The molecule has 4 heteroatoms. The third-order valence-corrected chi connectivity index (χ3v) is 8.15. The zero-order valence-corrected chi connectivity index (χ0v) is 13.8. The Morgan fingerprint density at radius 1 is 1.35 bits per heavy atom. The third-order valence-electron chi connectivity index (χ3n) is 3.77. The van der Waals surface area contributed by atoms with Crippen molar-refractivity contribution < 1.29 is 13.4 Å². The molecule has 0 aliphatic heterocycles. The zero-order valence-electron chi connectivity index (χ0n) is 13.0. The van der Waals surface area contributed by atoms with Gasteiger partial charge in [-0.15, -0.1) is 10.3 Å². The molecule has 0 aliphatic rings. The average molecular weight is 300 g/mol. The maximum atomic E-state index is 13.2. The second kappa shape index (κ2) is 6.72. The van der Waals surface area contributed by atoms with Crippen molar-refractivity contribution in [3.05, 3.63) is 35.1 Å². The van der Waals surface area contributed by atoms with Gasteiger partial charge in [-0.05, 0) is 36.1 Å². The van der Waals surface area contributed by atoms with Crippen LogP contribution in [0.4, 0.5) is 4.39 Å². The van der Waals surface area contributed by atoms with E-state index >= 15 is 0 Å². The summed E-state index contributed by atoms with van der Waals surface area (Å²) >= 11 is 0. The molecule has 0 saturated carbocycles. The molecule has 0 aromatic heterocycles. The first-order valence-electron chi connectivity index (χ1n) is 6.87. The summed E-state index contributed by atoms with van der Waals surface area (Å²) in [6.45, 7) is 9.36. The van der Waals surface area contributed by atoms with Crippen molar-refractivity contribution in [2.24, 2.45) is 0 Å². The Kier molecular flexibility index (Phi) is 5.78. The molecule has 0 fully saturated rings. The van der Waals surface area contributed by atoms with Crippen molar-refractivity contribution in [1.82, 2.24) is 0 Å². The second-order valence-corrected chi connectivity index (χ2v) is 10.00. The van der Waals surface area contributed by atoms with Crippen molar-refractivity contribution in [2.75, 3.05) is 18.6 Å². The molecule has 0 saturated heterocycles. The number of carbonyl (C=O) groups is 1. The number of carbonyl (C=O) groups excluding carboxylic acids is 1. The van der Waals surface area contributed by atoms with Crippen LogP contribution >= 0.6 is 10.3 Å². The smallest absolute Gasteiger partial charge is 0.153 e. The van der Waals surface area contributed by atoms with Gasteiger partial charge >= 0.3 is 0 Å². The van der Waals surface area contributed by atoms with Crippen LogP contribution in [0.2, 0.25) is 0 Å². The van der Waals surface area contributed by atoms with Crippen molar-refractivity contribution in [3.63, 3.8) is 0 Å². The third kappa shape index (κ3) is 4.06. The van der Waals surface area contributed by atoms with Gasteiger partial charge in [0.25, 0.3) is 0 Å². The fourth-order valence-electron chi connectivity index (χ4n) is 1.88. The Morgan fingerprint density at radius 3 is 2.50 bits per heavy atom. The lowest BCUT2D eigenvalue weighted by Gasteiger charge is -2.46. The van der Waals surface area contributed by atoms with Crippen molar-refractivity contribution in [2.45, 2.75) is 38.9 Å². The van der Waals surface area contributed by atoms with Crippen LogP contribution < -0.4 is 0 Å². The molecular weight excluding hydrogens is 275 g/mol. The highest BCUT2D eigenvalue weighted by Crippen LogP contribution is 2.56. The van der Waals surface area contributed by atoms with Crippen LogP contribution in [0.15, 0.2) is 18.2 Å². The van der Waals surface area contributed by atoms with E-state index in [4.69, 9.17) is 4.18 Å². The monoisotopic (exact) mass is 300 g/mol. The van der Waals surface area contributed by atoms with Crippen molar-refractivity contribution in [3.8, 4) is 0 Å². The predicted molar refractivity (Wildman–Crippen MR) is 85.3 cm³/mol. The minimum atomic E-state index is -1.13.